The van der Waals surface area contributed by atoms with E-state index in [4.69, 9.17) is 5.11 Å². The fourth-order valence-electron chi connectivity index (χ4n) is 1.78. The van der Waals surface area contributed by atoms with Crippen LogP contribution in [0, 0.1) is 0 Å². The molecule has 1 aromatic heterocycles. The van der Waals surface area contributed by atoms with Gasteiger partial charge < -0.3 is 15.0 Å². The Bertz CT molecular complexity index is 431. The molecule has 0 aromatic carbocycles. The van der Waals surface area contributed by atoms with Crippen molar-refractivity contribution in [2.45, 2.75) is 32.4 Å². The molecular weight excluding hydrogens is 264 g/mol. The van der Waals surface area contributed by atoms with Crippen molar-refractivity contribution in [2.75, 3.05) is 12.0 Å². The molecule has 1 heterocycles. The molecule has 2 N–H and O–H groups in total. The predicted molar refractivity (Wildman–Crippen MR) is 76.6 cm³/mol. The number of amides is 1. The maximum Gasteiger partial charge on any atom is 0.326 e. The number of carbonyl (C=O) groups excluding carboxylic acids is 1. The minimum Gasteiger partial charge on any atom is -0.480 e. The maximum absolute atomic E-state index is 12.1. The molecule has 5 nitrogen and oxygen atoms in total. The van der Waals surface area contributed by atoms with E-state index in [1.54, 1.807) is 23.9 Å². The topological polar surface area (TPSA) is 71.3 Å². The van der Waals surface area contributed by atoms with Crippen molar-refractivity contribution < 1.29 is 14.7 Å². The highest BCUT2D eigenvalue weighted by Gasteiger charge is 2.21. The zero-order chi connectivity index (χ0) is 14.3. The lowest BCUT2D eigenvalue weighted by atomic mass is 10.2. The Morgan fingerprint density at radius 3 is 2.84 bits per heavy atom. The molecule has 0 bridgehead atoms. The van der Waals surface area contributed by atoms with Gasteiger partial charge in [0.2, 0.25) is 0 Å². The van der Waals surface area contributed by atoms with Crippen LogP contribution in [0.3, 0.4) is 0 Å². The van der Waals surface area contributed by atoms with Gasteiger partial charge in [-0.2, -0.15) is 11.8 Å². The van der Waals surface area contributed by atoms with Crippen LogP contribution < -0.4 is 5.32 Å². The molecule has 19 heavy (non-hydrogen) atoms. The lowest BCUT2D eigenvalue weighted by molar-refractivity contribution is -0.139. The van der Waals surface area contributed by atoms with Crippen LogP contribution in [0.25, 0.3) is 0 Å². The summed E-state index contributed by atoms with van der Waals surface area (Å²) in [5.74, 6) is -0.615. The van der Waals surface area contributed by atoms with Gasteiger partial charge in [0.05, 0.1) is 0 Å². The molecule has 0 unspecified atom stereocenters. The number of carboxylic acid groups (broad SMARTS) is 1. The summed E-state index contributed by atoms with van der Waals surface area (Å²) in [6.45, 7) is 2.78. The largest absolute Gasteiger partial charge is 0.480 e. The number of rotatable bonds is 8. The lowest BCUT2D eigenvalue weighted by Gasteiger charge is -2.15. The molecule has 0 fully saturated rings. The number of hydrogen-bond donors (Lipinski definition) is 2. The first kappa shape index (κ1) is 15.6. The van der Waals surface area contributed by atoms with E-state index in [9.17, 15) is 9.59 Å². The summed E-state index contributed by atoms with van der Waals surface area (Å²) < 4.78 is 1.84. The first-order valence-electron chi connectivity index (χ1n) is 6.27. The van der Waals surface area contributed by atoms with Crippen LogP contribution in [-0.4, -0.2) is 39.6 Å². The van der Waals surface area contributed by atoms with Gasteiger partial charge in [0.25, 0.3) is 5.91 Å². The minimum absolute atomic E-state index is 0.327. The first-order chi connectivity index (χ1) is 9.10. The molecule has 1 atom stereocenters. The fourth-order valence-corrected chi connectivity index (χ4v) is 2.25. The summed E-state index contributed by atoms with van der Waals surface area (Å²) in [6, 6.07) is 2.67. The van der Waals surface area contributed by atoms with E-state index in [-0.39, 0.29) is 5.91 Å². The van der Waals surface area contributed by atoms with E-state index in [2.05, 4.69) is 5.32 Å². The van der Waals surface area contributed by atoms with Gasteiger partial charge in [-0.25, -0.2) is 4.79 Å². The van der Waals surface area contributed by atoms with Crippen molar-refractivity contribution in [2.24, 2.45) is 0 Å². The Labute approximate surface area is 117 Å². The molecular formula is C13H20N2O3S. The normalized spacial score (nSPS) is 12.1. The second kappa shape index (κ2) is 7.89. The number of hydrogen-bond acceptors (Lipinski definition) is 3. The SMILES string of the molecule is CCCn1cccc1C(=O)N[C@@H](CCSC)C(=O)O. The first-order valence-corrected chi connectivity index (χ1v) is 7.67. The standard InChI is InChI=1S/C13H20N2O3S/c1-3-7-15-8-4-5-11(15)12(16)14-10(13(17)18)6-9-19-2/h4-5,8,10H,3,6-7,9H2,1-2H3,(H,14,16)(H,17,18)/t10-/m0/s1. The molecule has 6 heteroatoms. The third kappa shape index (κ3) is 4.63. The second-order valence-electron chi connectivity index (χ2n) is 4.23. The van der Waals surface area contributed by atoms with Crippen LogP contribution in [0.1, 0.15) is 30.3 Å². The highest BCUT2D eigenvalue weighted by atomic mass is 32.2. The molecule has 1 rings (SSSR count). The van der Waals surface area contributed by atoms with Crippen LogP contribution in [-0.2, 0) is 11.3 Å². The molecule has 0 aliphatic rings. The number of carboxylic acids is 1. The van der Waals surface area contributed by atoms with Crippen molar-refractivity contribution in [3.05, 3.63) is 24.0 Å². The Morgan fingerprint density at radius 2 is 2.26 bits per heavy atom. The van der Waals surface area contributed by atoms with E-state index < -0.39 is 12.0 Å². The number of aryl methyl sites for hydroxylation is 1. The Hall–Kier alpha value is -1.43. The third-order valence-corrected chi connectivity index (χ3v) is 3.38. The van der Waals surface area contributed by atoms with Gasteiger partial charge in [-0.3, -0.25) is 4.79 Å². The quantitative estimate of drug-likeness (QED) is 0.764. The molecule has 0 saturated carbocycles. The summed E-state index contributed by atoms with van der Waals surface area (Å²) in [6.07, 6.45) is 5.09. The predicted octanol–water partition coefficient (Wildman–Crippen LogP) is 1.83. The molecule has 0 aliphatic carbocycles. The zero-order valence-corrected chi connectivity index (χ0v) is 12.1. The van der Waals surface area contributed by atoms with Gasteiger partial charge in [-0.05, 0) is 37.0 Å². The number of nitrogens with one attached hydrogen (secondary N) is 1. The monoisotopic (exact) mass is 284 g/mol. The summed E-state index contributed by atoms with van der Waals surface area (Å²) in [5.41, 5.74) is 0.511. The molecule has 1 aromatic rings. The van der Waals surface area contributed by atoms with E-state index in [1.165, 1.54) is 0 Å². The maximum atomic E-state index is 12.1. The fraction of sp³-hybridized carbons (Fsp3) is 0.538. The Morgan fingerprint density at radius 1 is 1.53 bits per heavy atom. The molecule has 0 spiro atoms. The molecule has 0 radical (unpaired) electrons. The van der Waals surface area contributed by atoms with Gasteiger partial charge in [-0.15, -0.1) is 0 Å². The minimum atomic E-state index is -0.990. The van der Waals surface area contributed by atoms with E-state index in [0.29, 0.717) is 17.9 Å². The van der Waals surface area contributed by atoms with Gasteiger partial charge in [0.15, 0.2) is 0 Å². The number of thioether (sulfide) groups is 1. The average Bonchev–Trinajstić information content (AvgIpc) is 2.82. The van der Waals surface area contributed by atoms with Gasteiger partial charge in [-0.1, -0.05) is 6.92 Å². The molecule has 0 saturated heterocycles. The highest BCUT2D eigenvalue weighted by Crippen LogP contribution is 2.06. The van der Waals surface area contributed by atoms with Crippen LogP contribution >= 0.6 is 11.8 Å². The summed E-state index contributed by atoms with van der Waals surface area (Å²) >= 11 is 1.56. The number of aromatic nitrogens is 1. The van der Waals surface area contributed by atoms with Gasteiger partial charge in [0, 0.05) is 12.7 Å². The third-order valence-electron chi connectivity index (χ3n) is 2.74. The van der Waals surface area contributed by atoms with E-state index in [0.717, 1.165) is 13.0 Å². The van der Waals surface area contributed by atoms with Gasteiger partial charge >= 0.3 is 5.97 Å². The lowest BCUT2D eigenvalue weighted by Crippen LogP contribution is -2.41. The van der Waals surface area contributed by atoms with Gasteiger partial charge in [0.1, 0.15) is 11.7 Å². The highest BCUT2D eigenvalue weighted by molar-refractivity contribution is 7.98. The second-order valence-corrected chi connectivity index (χ2v) is 5.22. The van der Waals surface area contributed by atoms with Crippen molar-refractivity contribution in [3.63, 3.8) is 0 Å². The smallest absolute Gasteiger partial charge is 0.326 e. The molecule has 0 aliphatic heterocycles. The van der Waals surface area contributed by atoms with Crippen LogP contribution in [0.2, 0.25) is 0 Å². The van der Waals surface area contributed by atoms with Crippen molar-refractivity contribution in [1.29, 1.82) is 0 Å². The Kier molecular flexibility index (Phi) is 6.49. The van der Waals surface area contributed by atoms with Crippen molar-refractivity contribution in [3.8, 4) is 0 Å². The molecule has 106 valence electrons. The van der Waals surface area contributed by atoms with Crippen LogP contribution in [0.5, 0.6) is 0 Å². The number of carbonyl (C=O) groups is 2. The average molecular weight is 284 g/mol. The van der Waals surface area contributed by atoms with E-state index in [1.807, 2.05) is 23.9 Å². The number of aliphatic carboxylic acids is 1. The van der Waals surface area contributed by atoms with Crippen LogP contribution in [0.15, 0.2) is 18.3 Å². The molecule has 1 amide bonds. The van der Waals surface area contributed by atoms with Crippen LogP contribution in [0.4, 0.5) is 0 Å². The van der Waals surface area contributed by atoms with Crippen molar-refractivity contribution in [1.82, 2.24) is 9.88 Å². The Balaban J connectivity index is 2.70. The van der Waals surface area contributed by atoms with E-state index >= 15 is 0 Å². The summed E-state index contributed by atoms with van der Waals surface area (Å²) in [7, 11) is 0. The summed E-state index contributed by atoms with van der Waals surface area (Å²) in [5, 5.41) is 11.7. The van der Waals surface area contributed by atoms with Crippen molar-refractivity contribution >= 4 is 23.6 Å². The zero-order valence-electron chi connectivity index (χ0n) is 11.3. The number of nitrogens with zero attached hydrogens (tertiary/aromatic N) is 1. The summed E-state index contributed by atoms with van der Waals surface area (Å²) in [4.78, 5) is 23.2.